The van der Waals surface area contributed by atoms with Crippen LogP contribution in [0.25, 0.3) is 0 Å². The zero-order valence-corrected chi connectivity index (χ0v) is 17.5. The molecule has 0 aromatic heterocycles. The van der Waals surface area contributed by atoms with Gasteiger partial charge in [0.15, 0.2) is 5.78 Å². The van der Waals surface area contributed by atoms with Crippen LogP contribution in [0.3, 0.4) is 0 Å². The maximum atomic E-state index is 12.3. The smallest absolute Gasteiger partial charge is 0.307 e. The molecule has 2 unspecified atom stereocenters. The number of ether oxygens (including phenoxy) is 1. The molecule has 4 aliphatic carbocycles. The van der Waals surface area contributed by atoms with Gasteiger partial charge in [0.25, 0.3) is 0 Å². The van der Waals surface area contributed by atoms with E-state index in [0.717, 1.165) is 18.4 Å². The first-order valence-corrected chi connectivity index (χ1v) is 11.1. The van der Waals surface area contributed by atoms with Gasteiger partial charge in [-0.15, -0.1) is 0 Å². The first-order chi connectivity index (χ1) is 14.0. The highest BCUT2D eigenvalue weighted by Gasteiger charge is 2.71. The fraction of sp³-hybridized carbons (Fsp3) is 0.783. The van der Waals surface area contributed by atoms with Gasteiger partial charge in [0, 0.05) is 11.8 Å². The topological polar surface area (TPSA) is 124 Å². The lowest BCUT2D eigenvalue weighted by atomic mass is 9.44. The molecule has 0 amide bonds. The highest BCUT2D eigenvalue weighted by Crippen LogP contribution is 2.70. The number of aliphatic hydroxyl groups is 1. The molecule has 30 heavy (non-hydrogen) atoms. The number of carboxylic acids is 2. The Kier molecular flexibility index (Phi) is 4.15. The molecule has 3 N–H and O–H groups in total. The number of epoxide rings is 1. The van der Waals surface area contributed by atoms with Crippen molar-refractivity contribution in [2.24, 2.45) is 34.5 Å². The molecule has 7 heteroatoms. The molecule has 0 radical (unpaired) electrons. The average molecular weight is 418 g/mol. The number of hydrogen-bond acceptors (Lipinski definition) is 5. The van der Waals surface area contributed by atoms with E-state index in [4.69, 9.17) is 9.84 Å². The summed E-state index contributed by atoms with van der Waals surface area (Å²) in [5.41, 5.74) is -0.994. The van der Waals surface area contributed by atoms with Crippen LogP contribution >= 0.6 is 0 Å². The second kappa shape index (κ2) is 6.16. The van der Waals surface area contributed by atoms with Crippen LogP contribution in [0, 0.1) is 34.5 Å². The number of fused-ring (bicyclic) bond motifs is 7. The summed E-state index contributed by atoms with van der Waals surface area (Å²) in [5.74, 6) is -2.41. The summed E-state index contributed by atoms with van der Waals surface area (Å²) >= 11 is 0. The van der Waals surface area contributed by atoms with E-state index in [1.807, 2.05) is 6.92 Å². The number of aliphatic carboxylic acids is 2. The van der Waals surface area contributed by atoms with Crippen molar-refractivity contribution in [2.75, 3.05) is 0 Å². The molecule has 0 spiro atoms. The Morgan fingerprint density at radius 2 is 1.87 bits per heavy atom. The van der Waals surface area contributed by atoms with Crippen molar-refractivity contribution in [3.05, 3.63) is 11.6 Å². The van der Waals surface area contributed by atoms with Crippen molar-refractivity contribution >= 4 is 17.7 Å². The minimum atomic E-state index is -1.08. The SMILES string of the molecule is C[C@]12CC[C@H]3[C@@H]([C@H](C(=O)O)CC4=CC(=O)C5OC5[C@@]43C)[C@@H]1CC[C@@]2(O)CCC(=O)O. The summed E-state index contributed by atoms with van der Waals surface area (Å²) in [6, 6.07) is 0. The summed E-state index contributed by atoms with van der Waals surface area (Å²) in [6.45, 7) is 4.18. The fourth-order valence-corrected chi connectivity index (χ4v) is 8.02. The maximum absolute atomic E-state index is 12.3. The Bertz CT molecular complexity index is 864. The van der Waals surface area contributed by atoms with E-state index < -0.39 is 28.9 Å². The normalized spacial score (nSPS) is 51.2. The molecule has 1 aliphatic heterocycles. The van der Waals surface area contributed by atoms with Gasteiger partial charge in [0.2, 0.25) is 0 Å². The van der Waals surface area contributed by atoms with Crippen LogP contribution in [0.5, 0.6) is 0 Å². The van der Waals surface area contributed by atoms with E-state index in [1.165, 1.54) is 0 Å². The number of carboxylic acid groups (broad SMARTS) is 2. The predicted octanol–water partition coefficient (Wildman–Crippen LogP) is 2.41. The van der Waals surface area contributed by atoms with Gasteiger partial charge in [-0.1, -0.05) is 19.4 Å². The number of carbonyl (C=O) groups is 3. The van der Waals surface area contributed by atoms with E-state index >= 15 is 0 Å². The quantitative estimate of drug-likeness (QED) is 0.599. The van der Waals surface area contributed by atoms with Crippen LogP contribution in [0.4, 0.5) is 0 Å². The molecule has 0 aromatic carbocycles. The standard InChI is InChI=1S/C23H30O7/c1-21-6-3-14-17(13(21)4-7-23(21,29)8-5-16(25)26)12(20(27)28)9-11-10-15(24)18-19(30-18)22(11,14)2/h10,12-14,17-19,29H,3-9H2,1-2H3,(H,25,26)(H,27,28)/t12-,13+,14+,17+,18?,19?,21+,22+,23-/m1/s1. The molecule has 164 valence electrons. The Labute approximate surface area is 175 Å². The Hall–Kier alpha value is -1.73. The van der Waals surface area contributed by atoms with Gasteiger partial charge >= 0.3 is 11.9 Å². The lowest BCUT2D eigenvalue weighted by Crippen LogP contribution is -2.59. The second-order valence-electron chi connectivity index (χ2n) is 10.7. The third-order valence-electron chi connectivity index (χ3n) is 9.77. The third kappa shape index (κ3) is 2.42. The second-order valence-corrected chi connectivity index (χ2v) is 10.7. The minimum absolute atomic E-state index is 0.0179. The summed E-state index contributed by atoms with van der Waals surface area (Å²) < 4.78 is 5.79. The molecule has 1 heterocycles. The molecule has 9 atom stereocenters. The van der Waals surface area contributed by atoms with Gasteiger partial charge in [-0.25, -0.2) is 0 Å². The van der Waals surface area contributed by atoms with Gasteiger partial charge in [-0.3, -0.25) is 14.4 Å². The van der Waals surface area contributed by atoms with E-state index in [2.05, 4.69) is 6.92 Å². The van der Waals surface area contributed by atoms with Gasteiger partial charge in [0.05, 0.1) is 11.5 Å². The van der Waals surface area contributed by atoms with Gasteiger partial charge < -0.3 is 20.1 Å². The highest BCUT2D eigenvalue weighted by atomic mass is 16.6. The van der Waals surface area contributed by atoms with Crippen molar-refractivity contribution in [3.63, 3.8) is 0 Å². The summed E-state index contributed by atoms with van der Waals surface area (Å²) in [4.78, 5) is 35.8. The fourth-order valence-electron chi connectivity index (χ4n) is 8.02. The summed E-state index contributed by atoms with van der Waals surface area (Å²) in [7, 11) is 0. The predicted molar refractivity (Wildman–Crippen MR) is 104 cm³/mol. The zero-order chi connectivity index (χ0) is 21.6. The van der Waals surface area contributed by atoms with Crippen LogP contribution in [-0.2, 0) is 19.1 Å². The van der Waals surface area contributed by atoms with Gasteiger partial charge in [0.1, 0.15) is 12.2 Å². The van der Waals surface area contributed by atoms with E-state index in [-0.39, 0.29) is 54.0 Å². The first-order valence-electron chi connectivity index (χ1n) is 11.1. The molecule has 4 fully saturated rings. The highest BCUT2D eigenvalue weighted by molar-refractivity contribution is 5.98. The largest absolute Gasteiger partial charge is 0.481 e. The summed E-state index contributed by atoms with van der Waals surface area (Å²) in [5, 5.41) is 30.8. The maximum Gasteiger partial charge on any atom is 0.307 e. The van der Waals surface area contributed by atoms with Crippen LogP contribution in [0.15, 0.2) is 11.6 Å². The third-order valence-corrected chi connectivity index (χ3v) is 9.77. The molecule has 0 bridgehead atoms. The van der Waals surface area contributed by atoms with E-state index in [9.17, 15) is 24.6 Å². The molecule has 3 saturated carbocycles. The van der Waals surface area contributed by atoms with Crippen molar-refractivity contribution < 1.29 is 34.4 Å². The lowest BCUT2D eigenvalue weighted by molar-refractivity contribution is -0.167. The number of ketones is 1. The van der Waals surface area contributed by atoms with E-state index in [1.54, 1.807) is 6.08 Å². The molecule has 0 aromatic rings. The van der Waals surface area contributed by atoms with Crippen LogP contribution in [-0.4, -0.2) is 50.9 Å². The average Bonchev–Trinajstić information content (AvgIpc) is 3.44. The number of carbonyl (C=O) groups excluding carboxylic acids is 1. The van der Waals surface area contributed by atoms with Crippen molar-refractivity contribution in [3.8, 4) is 0 Å². The Morgan fingerprint density at radius 1 is 1.17 bits per heavy atom. The Balaban J connectivity index is 1.54. The van der Waals surface area contributed by atoms with Crippen LogP contribution in [0.2, 0.25) is 0 Å². The molecule has 1 saturated heterocycles. The molecule has 5 aliphatic rings. The molecule has 7 nitrogen and oxygen atoms in total. The monoisotopic (exact) mass is 418 g/mol. The van der Waals surface area contributed by atoms with Gasteiger partial charge in [-0.2, -0.15) is 0 Å². The van der Waals surface area contributed by atoms with Gasteiger partial charge in [-0.05, 0) is 67.8 Å². The zero-order valence-electron chi connectivity index (χ0n) is 17.5. The molecule has 5 rings (SSSR count). The number of rotatable bonds is 4. The van der Waals surface area contributed by atoms with Crippen molar-refractivity contribution in [1.82, 2.24) is 0 Å². The Morgan fingerprint density at radius 3 is 2.53 bits per heavy atom. The van der Waals surface area contributed by atoms with E-state index in [0.29, 0.717) is 19.3 Å². The minimum Gasteiger partial charge on any atom is -0.481 e. The van der Waals surface area contributed by atoms with Crippen LogP contribution < -0.4 is 0 Å². The molecular formula is C23H30O7. The van der Waals surface area contributed by atoms with Crippen LogP contribution in [0.1, 0.15) is 58.8 Å². The summed E-state index contributed by atoms with van der Waals surface area (Å²) in [6.07, 6.45) is 4.28. The number of hydrogen-bond donors (Lipinski definition) is 3. The van der Waals surface area contributed by atoms with Crippen molar-refractivity contribution in [1.29, 1.82) is 0 Å². The lowest BCUT2D eigenvalue weighted by Gasteiger charge is -2.60. The molecular weight excluding hydrogens is 388 g/mol. The first kappa shape index (κ1) is 20.2. The van der Waals surface area contributed by atoms with Crippen molar-refractivity contribution in [2.45, 2.75) is 76.6 Å².